The third-order valence-corrected chi connectivity index (χ3v) is 5.54. The van der Waals surface area contributed by atoms with Gasteiger partial charge in [0.05, 0.1) is 16.8 Å². The molecular weight excluding hydrogens is 435 g/mol. The summed E-state index contributed by atoms with van der Waals surface area (Å²) in [7, 11) is 0. The van der Waals surface area contributed by atoms with E-state index >= 15 is 0 Å². The highest BCUT2D eigenvalue weighted by Crippen LogP contribution is 2.15. The molecule has 0 unspecified atom stereocenters. The summed E-state index contributed by atoms with van der Waals surface area (Å²) < 4.78 is 20.2. The zero-order valence-electron chi connectivity index (χ0n) is 16.9. The van der Waals surface area contributed by atoms with Gasteiger partial charge in [-0.05, 0) is 42.8 Å². The fourth-order valence-electron chi connectivity index (χ4n) is 2.87. The first kappa shape index (κ1) is 21.3. The number of benzene rings is 2. The van der Waals surface area contributed by atoms with Gasteiger partial charge in [0.2, 0.25) is 4.96 Å². The number of hydrogen-bond donors (Lipinski definition) is 1. The molecule has 1 amide bonds. The number of carbonyl (C=O) groups excluding carboxylic acids is 2. The molecule has 0 saturated heterocycles. The molecule has 2 aromatic heterocycles. The second-order valence-electron chi connectivity index (χ2n) is 6.72. The molecular formula is C22H17FN4O4S. The summed E-state index contributed by atoms with van der Waals surface area (Å²) in [5.74, 6) is -1.83. The van der Waals surface area contributed by atoms with Gasteiger partial charge in [-0.3, -0.25) is 9.59 Å². The average molecular weight is 452 g/mol. The molecule has 0 spiro atoms. The topological polar surface area (TPSA) is 103 Å². The van der Waals surface area contributed by atoms with E-state index in [1.54, 1.807) is 6.07 Å². The van der Waals surface area contributed by atoms with E-state index in [-0.39, 0.29) is 23.3 Å². The summed E-state index contributed by atoms with van der Waals surface area (Å²) in [5, 5.41) is 7.52. The van der Waals surface area contributed by atoms with Gasteiger partial charge in [-0.25, -0.2) is 14.2 Å². The van der Waals surface area contributed by atoms with Gasteiger partial charge in [0.25, 0.3) is 11.5 Å². The molecule has 162 valence electrons. The van der Waals surface area contributed by atoms with Crippen LogP contribution in [0, 0.1) is 5.82 Å². The molecule has 2 heterocycles. The maximum absolute atomic E-state index is 13.7. The highest BCUT2D eigenvalue weighted by Gasteiger charge is 2.13. The Morgan fingerprint density at radius 1 is 1.16 bits per heavy atom. The summed E-state index contributed by atoms with van der Waals surface area (Å²) in [4.78, 5) is 41.4. The standard InChI is InChI=1S/C22H17FN4O4S/c1-2-18-26-27-19(28)11-15(25-22(27)32-18)12-31-21(30)13-7-9-14(10-8-13)24-20(29)16-5-3-4-6-17(16)23/h3-11H,2,12H2,1H3,(H,24,29). The van der Waals surface area contributed by atoms with Crippen molar-refractivity contribution < 1.29 is 18.7 Å². The minimum atomic E-state index is -0.624. The second-order valence-corrected chi connectivity index (χ2v) is 7.76. The van der Waals surface area contributed by atoms with Crippen molar-refractivity contribution in [3.8, 4) is 0 Å². The maximum atomic E-state index is 13.7. The molecule has 2 aromatic carbocycles. The van der Waals surface area contributed by atoms with Crippen molar-refractivity contribution in [3.05, 3.63) is 92.6 Å². The van der Waals surface area contributed by atoms with Crippen LogP contribution in [0.5, 0.6) is 0 Å². The van der Waals surface area contributed by atoms with E-state index in [9.17, 15) is 18.8 Å². The molecule has 0 radical (unpaired) electrons. The van der Waals surface area contributed by atoms with Crippen molar-refractivity contribution in [2.45, 2.75) is 20.0 Å². The monoisotopic (exact) mass is 452 g/mol. The van der Waals surface area contributed by atoms with Crippen molar-refractivity contribution in [1.82, 2.24) is 14.6 Å². The number of esters is 1. The van der Waals surface area contributed by atoms with E-state index in [1.807, 2.05) is 6.92 Å². The number of aromatic nitrogens is 3. The molecule has 0 aliphatic rings. The van der Waals surface area contributed by atoms with Crippen molar-refractivity contribution >= 4 is 33.9 Å². The third-order valence-electron chi connectivity index (χ3n) is 4.49. The van der Waals surface area contributed by atoms with E-state index in [4.69, 9.17) is 4.74 Å². The van der Waals surface area contributed by atoms with Crippen LogP contribution in [0.15, 0.2) is 59.4 Å². The van der Waals surface area contributed by atoms with Crippen LogP contribution in [-0.4, -0.2) is 26.5 Å². The predicted octanol–water partition coefficient (Wildman–Crippen LogP) is 3.46. The molecule has 8 nitrogen and oxygen atoms in total. The van der Waals surface area contributed by atoms with Gasteiger partial charge in [0.1, 0.15) is 17.4 Å². The molecule has 0 aliphatic heterocycles. The number of ether oxygens (including phenoxy) is 1. The fraction of sp³-hybridized carbons (Fsp3) is 0.136. The third kappa shape index (κ3) is 4.54. The summed E-state index contributed by atoms with van der Waals surface area (Å²) in [6.45, 7) is 1.76. The molecule has 0 aliphatic carbocycles. The zero-order valence-corrected chi connectivity index (χ0v) is 17.7. The molecule has 0 atom stereocenters. The van der Waals surface area contributed by atoms with Gasteiger partial charge in [0, 0.05) is 11.8 Å². The molecule has 10 heteroatoms. The maximum Gasteiger partial charge on any atom is 0.338 e. The lowest BCUT2D eigenvalue weighted by Gasteiger charge is -2.08. The van der Waals surface area contributed by atoms with Crippen LogP contribution in [0.25, 0.3) is 4.96 Å². The average Bonchev–Trinajstić information content (AvgIpc) is 3.22. The number of hydrogen-bond acceptors (Lipinski definition) is 7. The Morgan fingerprint density at radius 3 is 2.62 bits per heavy atom. The Morgan fingerprint density at radius 2 is 1.91 bits per heavy atom. The van der Waals surface area contributed by atoms with Crippen LogP contribution < -0.4 is 10.9 Å². The number of anilines is 1. The number of halogens is 1. The highest BCUT2D eigenvalue weighted by molar-refractivity contribution is 7.16. The van der Waals surface area contributed by atoms with Gasteiger partial charge < -0.3 is 10.1 Å². The minimum Gasteiger partial charge on any atom is -0.456 e. The Kier molecular flexibility index (Phi) is 6.04. The van der Waals surface area contributed by atoms with Crippen molar-refractivity contribution in [1.29, 1.82) is 0 Å². The number of amides is 1. The first-order chi connectivity index (χ1) is 15.4. The van der Waals surface area contributed by atoms with Gasteiger partial charge in [-0.2, -0.15) is 9.61 Å². The van der Waals surface area contributed by atoms with E-state index in [2.05, 4.69) is 15.4 Å². The summed E-state index contributed by atoms with van der Waals surface area (Å²) in [6, 6.07) is 12.9. The molecule has 0 fully saturated rings. The van der Waals surface area contributed by atoms with Crippen molar-refractivity contribution in [2.75, 3.05) is 5.32 Å². The normalized spacial score (nSPS) is 10.8. The summed E-state index contributed by atoms with van der Waals surface area (Å²) >= 11 is 1.30. The van der Waals surface area contributed by atoms with E-state index in [0.717, 1.165) is 5.01 Å². The number of fused-ring (bicyclic) bond motifs is 1. The van der Waals surface area contributed by atoms with E-state index in [1.165, 1.54) is 64.4 Å². The number of nitrogens with one attached hydrogen (secondary N) is 1. The summed E-state index contributed by atoms with van der Waals surface area (Å²) in [6.07, 6.45) is 0.689. The molecule has 4 aromatic rings. The zero-order chi connectivity index (χ0) is 22.7. The summed E-state index contributed by atoms with van der Waals surface area (Å²) in [5.41, 5.74) is 0.545. The smallest absolute Gasteiger partial charge is 0.338 e. The Hall–Kier alpha value is -3.92. The first-order valence-corrected chi connectivity index (χ1v) is 10.5. The lowest BCUT2D eigenvalue weighted by molar-refractivity contribution is 0.0467. The highest BCUT2D eigenvalue weighted by atomic mass is 32.1. The van der Waals surface area contributed by atoms with Gasteiger partial charge >= 0.3 is 5.97 Å². The van der Waals surface area contributed by atoms with Crippen LogP contribution in [0.1, 0.15) is 38.3 Å². The van der Waals surface area contributed by atoms with Gasteiger partial charge in [-0.1, -0.05) is 30.4 Å². The second kappa shape index (κ2) is 9.06. The largest absolute Gasteiger partial charge is 0.456 e. The van der Waals surface area contributed by atoms with Crippen molar-refractivity contribution in [2.24, 2.45) is 0 Å². The van der Waals surface area contributed by atoms with Crippen LogP contribution in [0.2, 0.25) is 0 Å². The Bertz CT molecular complexity index is 1360. The van der Waals surface area contributed by atoms with Crippen LogP contribution in [0.4, 0.5) is 10.1 Å². The predicted molar refractivity (Wildman–Crippen MR) is 116 cm³/mol. The van der Waals surface area contributed by atoms with E-state index < -0.39 is 17.7 Å². The molecule has 4 rings (SSSR count). The SMILES string of the molecule is CCc1nn2c(=O)cc(COC(=O)c3ccc(NC(=O)c4ccccc4F)cc3)nc2s1. The number of aryl methyl sites for hydroxylation is 1. The van der Waals surface area contributed by atoms with Crippen LogP contribution in [0.3, 0.4) is 0 Å². The van der Waals surface area contributed by atoms with Crippen LogP contribution >= 0.6 is 11.3 Å². The molecule has 32 heavy (non-hydrogen) atoms. The van der Waals surface area contributed by atoms with Crippen molar-refractivity contribution in [3.63, 3.8) is 0 Å². The molecule has 0 saturated carbocycles. The van der Waals surface area contributed by atoms with Gasteiger partial charge in [-0.15, -0.1) is 0 Å². The molecule has 0 bridgehead atoms. The van der Waals surface area contributed by atoms with Crippen LogP contribution in [-0.2, 0) is 17.8 Å². The lowest BCUT2D eigenvalue weighted by atomic mass is 10.1. The lowest BCUT2D eigenvalue weighted by Crippen LogP contribution is -2.16. The Labute approximate surface area is 185 Å². The van der Waals surface area contributed by atoms with Gasteiger partial charge in [0.15, 0.2) is 0 Å². The number of nitrogens with zero attached hydrogens (tertiary/aromatic N) is 3. The molecule has 1 N–H and O–H groups in total. The van der Waals surface area contributed by atoms with E-state index in [0.29, 0.717) is 22.8 Å². The Balaban J connectivity index is 1.40. The first-order valence-electron chi connectivity index (χ1n) is 9.66. The number of carbonyl (C=O) groups is 2. The quantitative estimate of drug-likeness (QED) is 0.450. The minimum absolute atomic E-state index is 0.0802. The number of rotatable bonds is 6. The fourth-order valence-corrected chi connectivity index (χ4v) is 3.73.